The van der Waals surface area contributed by atoms with E-state index in [2.05, 4.69) is 17.1 Å². The van der Waals surface area contributed by atoms with Crippen LogP contribution >= 0.6 is 0 Å². The van der Waals surface area contributed by atoms with Gasteiger partial charge in [-0.2, -0.15) is 0 Å². The lowest BCUT2D eigenvalue weighted by Gasteiger charge is -2.24. The zero-order valence-corrected chi connectivity index (χ0v) is 17.2. The number of hydrogen-bond acceptors (Lipinski definition) is 5. The Morgan fingerprint density at radius 1 is 1.24 bits per heavy atom. The highest BCUT2D eigenvalue weighted by molar-refractivity contribution is 5.80. The summed E-state index contributed by atoms with van der Waals surface area (Å²) in [5.41, 5.74) is 9.21. The Kier molecular flexibility index (Phi) is 6.06. The van der Waals surface area contributed by atoms with Gasteiger partial charge >= 0.3 is 6.03 Å². The van der Waals surface area contributed by atoms with Crippen LogP contribution in [0.2, 0.25) is 0 Å². The average Bonchev–Trinajstić information content (AvgIpc) is 3.50. The number of primary amides is 1. The number of nitrogens with zero attached hydrogens (tertiary/aromatic N) is 2. The molecule has 7 nitrogen and oxygen atoms in total. The number of methoxy groups -OCH3 is 1. The summed E-state index contributed by atoms with van der Waals surface area (Å²) in [6.07, 6.45) is 7.22. The topological polar surface area (TPSA) is 86.4 Å². The Labute approximate surface area is 172 Å². The van der Waals surface area contributed by atoms with Crippen molar-refractivity contribution in [3.63, 3.8) is 0 Å². The average molecular weight is 402 g/mol. The highest BCUT2D eigenvalue weighted by atomic mass is 16.5. The number of ether oxygens (including phenoxy) is 3. The van der Waals surface area contributed by atoms with Crippen molar-refractivity contribution < 1.29 is 19.0 Å². The first-order valence-electron chi connectivity index (χ1n) is 10.5. The molecule has 1 aromatic rings. The predicted octanol–water partition coefficient (Wildman–Crippen LogP) is 3.03. The van der Waals surface area contributed by atoms with Gasteiger partial charge in [0.25, 0.3) is 0 Å². The fourth-order valence-corrected chi connectivity index (χ4v) is 4.84. The van der Waals surface area contributed by atoms with E-state index in [0.717, 1.165) is 83.1 Å². The number of carbonyl (C=O) groups is 1. The third kappa shape index (κ3) is 4.26. The first-order chi connectivity index (χ1) is 14.1. The lowest BCUT2D eigenvalue weighted by molar-refractivity contribution is 0.0854. The highest BCUT2D eigenvalue weighted by Gasteiger charge is 2.42. The van der Waals surface area contributed by atoms with Crippen molar-refractivity contribution in [2.24, 2.45) is 16.1 Å². The zero-order valence-electron chi connectivity index (χ0n) is 17.2. The van der Waals surface area contributed by atoms with Crippen LogP contribution in [0.4, 0.5) is 10.5 Å². The molecule has 4 heterocycles. The molecule has 0 aromatic heterocycles. The molecule has 0 bridgehead atoms. The number of rotatable bonds is 2. The van der Waals surface area contributed by atoms with E-state index in [1.54, 1.807) is 12.0 Å². The summed E-state index contributed by atoms with van der Waals surface area (Å²) in [4.78, 5) is 17.1. The minimum atomic E-state index is -0.293. The van der Waals surface area contributed by atoms with Crippen LogP contribution in [-0.4, -0.2) is 63.8 Å². The Bertz CT molecular complexity index is 768. The maximum Gasteiger partial charge on any atom is 0.314 e. The number of likely N-dealkylation sites (tertiary alicyclic amines) is 1. The van der Waals surface area contributed by atoms with Crippen LogP contribution < -0.4 is 10.5 Å². The van der Waals surface area contributed by atoms with Crippen molar-refractivity contribution in [3.8, 4) is 5.75 Å². The third-order valence-corrected chi connectivity index (χ3v) is 6.60. The Hall–Kier alpha value is -2.12. The molecule has 4 aliphatic rings. The van der Waals surface area contributed by atoms with E-state index >= 15 is 0 Å². The minimum absolute atomic E-state index is 0.245. The van der Waals surface area contributed by atoms with Crippen LogP contribution in [0.15, 0.2) is 17.1 Å². The second kappa shape index (κ2) is 8.71. The fraction of sp³-hybridized carbons (Fsp3) is 0.636. The van der Waals surface area contributed by atoms with E-state index in [0.29, 0.717) is 5.92 Å². The van der Waals surface area contributed by atoms with Crippen LogP contribution in [0.1, 0.15) is 42.7 Å². The van der Waals surface area contributed by atoms with E-state index in [1.807, 2.05) is 6.21 Å². The molecule has 4 aliphatic heterocycles. The molecule has 0 radical (unpaired) electrons. The van der Waals surface area contributed by atoms with Crippen LogP contribution in [0.5, 0.6) is 5.75 Å². The van der Waals surface area contributed by atoms with Gasteiger partial charge in [0, 0.05) is 56.5 Å². The number of hydrogen-bond donors (Lipinski definition) is 1. The molecule has 1 unspecified atom stereocenters. The summed E-state index contributed by atoms with van der Waals surface area (Å²) in [5, 5.41) is 0. The van der Waals surface area contributed by atoms with Crippen LogP contribution in [0.3, 0.4) is 0 Å². The van der Waals surface area contributed by atoms with Gasteiger partial charge in [0.05, 0.1) is 19.4 Å². The molecule has 5 rings (SSSR count). The first-order valence-corrected chi connectivity index (χ1v) is 10.5. The van der Waals surface area contributed by atoms with E-state index in [4.69, 9.17) is 19.9 Å². The van der Waals surface area contributed by atoms with Gasteiger partial charge in [0.2, 0.25) is 0 Å². The maximum atomic E-state index is 10.8. The standard InChI is InChI=1S/C14H17NO2.C8H14N2O2/c1-16-13-3-2-11(10-5-8-17-9-6-10)14-12(13)4-7-15-14;9-7(11)10-3-1-8(5-10)2-4-12-6-8/h2-3,7,10H,4-6,8-9H2,1H3;1-6H2,(H2,9,11). The zero-order chi connectivity index (χ0) is 20.3. The van der Waals surface area contributed by atoms with Gasteiger partial charge < -0.3 is 24.8 Å². The van der Waals surface area contributed by atoms with E-state index < -0.39 is 0 Å². The maximum absolute atomic E-state index is 10.8. The Morgan fingerprint density at radius 3 is 2.72 bits per heavy atom. The van der Waals surface area contributed by atoms with E-state index in [1.165, 1.54) is 11.1 Å². The minimum Gasteiger partial charge on any atom is -0.496 e. The molecule has 1 atom stereocenters. The summed E-state index contributed by atoms with van der Waals surface area (Å²) in [7, 11) is 1.72. The Balaban J connectivity index is 0.000000150. The first kappa shape index (κ1) is 20.2. The second-order valence-electron chi connectivity index (χ2n) is 8.40. The number of fused-ring (bicyclic) bond motifs is 1. The number of carbonyl (C=O) groups excluding carboxylic acids is 1. The van der Waals surface area contributed by atoms with Gasteiger partial charge in [-0.25, -0.2) is 4.79 Å². The van der Waals surface area contributed by atoms with Crippen molar-refractivity contribution in [2.45, 2.75) is 38.0 Å². The van der Waals surface area contributed by atoms with Crippen LogP contribution in [-0.2, 0) is 15.9 Å². The largest absolute Gasteiger partial charge is 0.496 e. The number of urea groups is 1. The van der Waals surface area contributed by atoms with Crippen LogP contribution in [0.25, 0.3) is 0 Å². The highest BCUT2D eigenvalue weighted by Crippen LogP contribution is 2.42. The van der Waals surface area contributed by atoms with Gasteiger partial charge in [-0.3, -0.25) is 4.99 Å². The van der Waals surface area contributed by atoms with Crippen LogP contribution in [0, 0.1) is 5.41 Å². The van der Waals surface area contributed by atoms with E-state index in [-0.39, 0.29) is 11.4 Å². The molecule has 3 saturated heterocycles. The van der Waals surface area contributed by atoms with Crippen molar-refractivity contribution in [2.75, 3.05) is 46.6 Å². The summed E-state index contributed by atoms with van der Waals surface area (Å²) >= 11 is 0. The lowest BCUT2D eigenvalue weighted by Crippen LogP contribution is -2.36. The third-order valence-electron chi connectivity index (χ3n) is 6.60. The number of aliphatic imine (C=N–C) groups is 1. The van der Waals surface area contributed by atoms with Gasteiger partial charge in [0.15, 0.2) is 0 Å². The van der Waals surface area contributed by atoms with E-state index in [9.17, 15) is 4.79 Å². The summed E-state index contributed by atoms with van der Waals surface area (Å²) in [5.74, 6) is 1.56. The molecule has 7 heteroatoms. The molecule has 0 saturated carbocycles. The van der Waals surface area contributed by atoms with Gasteiger partial charge in [-0.15, -0.1) is 0 Å². The summed E-state index contributed by atoms with van der Waals surface area (Å²) < 4.78 is 16.1. The van der Waals surface area contributed by atoms with Gasteiger partial charge in [0.1, 0.15) is 5.75 Å². The van der Waals surface area contributed by atoms with Gasteiger partial charge in [-0.1, -0.05) is 6.07 Å². The molecular weight excluding hydrogens is 370 g/mol. The smallest absolute Gasteiger partial charge is 0.314 e. The molecule has 0 aliphatic carbocycles. The predicted molar refractivity (Wildman–Crippen MR) is 111 cm³/mol. The lowest BCUT2D eigenvalue weighted by atomic mass is 9.87. The molecule has 2 N–H and O–H groups in total. The monoisotopic (exact) mass is 401 g/mol. The molecule has 29 heavy (non-hydrogen) atoms. The normalized spacial score (nSPS) is 25.8. The SMILES string of the molecule is COc1ccc(C2CCOCC2)c2c1CC=N2.NC(=O)N1CCC2(CCOC2)C1. The molecule has 1 spiro atoms. The summed E-state index contributed by atoms with van der Waals surface area (Å²) in [6, 6.07) is 3.97. The van der Waals surface area contributed by atoms with Crippen molar-refractivity contribution >= 4 is 17.9 Å². The van der Waals surface area contributed by atoms with Crippen molar-refractivity contribution in [1.82, 2.24) is 4.90 Å². The van der Waals surface area contributed by atoms with Crippen molar-refractivity contribution in [1.29, 1.82) is 0 Å². The number of benzene rings is 1. The van der Waals surface area contributed by atoms with Gasteiger partial charge in [-0.05, 0) is 43.2 Å². The molecule has 2 amide bonds. The fourth-order valence-electron chi connectivity index (χ4n) is 4.84. The van der Waals surface area contributed by atoms with Crippen molar-refractivity contribution in [3.05, 3.63) is 23.3 Å². The number of amides is 2. The summed E-state index contributed by atoms with van der Waals surface area (Å²) in [6.45, 7) is 4.98. The molecular formula is C22H31N3O4. The molecule has 3 fully saturated rings. The number of nitrogens with two attached hydrogens (primary N) is 1. The molecule has 158 valence electrons. The quantitative estimate of drug-likeness (QED) is 0.825. The molecule has 1 aromatic carbocycles. The Morgan fingerprint density at radius 2 is 2.07 bits per heavy atom. The second-order valence-corrected chi connectivity index (χ2v) is 8.40.